The van der Waals surface area contributed by atoms with Crippen LogP contribution in [0.15, 0.2) is 53.0 Å². The Balaban J connectivity index is 1.67. The number of hydrogen-bond donors (Lipinski definition) is 3. The molecule has 2 atom stereocenters. The summed E-state index contributed by atoms with van der Waals surface area (Å²) in [6, 6.07) is 13.4. The van der Waals surface area contributed by atoms with Crippen molar-refractivity contribution in [3.05, 3.63) is 53.0 Å². The number of nitrogens with one attached hydrogen (secondary N) is 3. The molecule has 1 aromatic heterocycles. The van der Waals surface area contributed by atoms with E-state index in [-0.39, 0.29) is 11.8 Å². The lowest BCUT2D eigenvalue weighted by atomic mass is 9.98. The molecule has 0 bridgehead atoms. The highest BCUT2D eigenvalue weighted by Crippen LogP contribution is 2.27. The first-order valence-corrected chi connectivity index (χ1v) is 11.6. The molecule has 0 radical (unpaired) electrons. The van der Waals surface area contributed by atoms with Crippen LogP contribution in [0.1, 0.15) is 20.3 Å². The van der Waals surface area contributed by atoms with Crippen LogP contribution in [0.2, 0.25) is 0 Å². The van der Waals surface area contributed by atoms with Crippen LogP contribution >= 0.6 is 27.3 Å². The Morgan fingerprint density at radius 2 is 1.88 bits per heavy atom. The Morgan fingerprint density at radius 1 is 1.12 bits per heavy atom. The van der Waals surface area contributed by atoms with E-state index in [1.54, 1.807) is 31.4 Å². The number of aromatic nitrogens is 2. The van der Waals surface area contributed by atoms with Gasteiger partial charge in [-0.25, -0.2) is 4.79 Å². The van der Waals surface area contributed by atoms with Crippen molar-refractivity contribution in [2.24, 2.45) is 5.92 Å². The fraction of sp³-hybridized carbons (Fsp3) is 0.273. The number of carbonyl (C=O) groups is 2. The molecule has 32 heavy (non-hydrogen) atoms. The van der Waals surface area contributed by atoms with Gasteiger partial charge in [-0.2, -0.15) is 0 Å². The standard InChI is InChI=1S/C22H24BrN5O3S/c1-4-13(2)18(25-21(30)24-16-6-5-7-17(12-16)31-3)19(29)26-22-28-27-20(32-22)14-8-10-15(23)11-9-14/h5-13,18H,4H2,1-3H3,(H2,24,25,30)(H,26,28,29). The molecule has 1 heterocycles. The third kappa shape index (κ3) is 6.27. The van der Waals surface area contributed by atoms with Crippen molar-refractivity contribution >= 4 is 50.0 Å². The molecule has 3 N–H and O–H groups in total. The molecule has 3 amide bonds. The van der Waals surface area contributed by atoms with E-state index in [0.717, 1.165) is 10.0 Å². The van der Waals surface area contributed by atoms with Crippen molar-refractivity contribution in [2.75, 3.05) is 17.7 Å². The molecule has 0 aliphatic rings. The van der Waals surface area contributed by atoms with Gasteiger partial charge in [-0.1, -0.05) is 65.7 Å². The van der Waals surface area contributed by atoms with Crippen molar-refractivity contribution in [3.8, 4) is 16.3 Å². The Kier molecular flexibility index (Phi) is 8.18. The van der Waals surface area contributed by atoms with Gasteiger partial charge in [0.2, 0.25) is 11.0 Å². The quantitative estimate of drug-likeness (QED) is 0.383. The Hall–Kier alpha value is -2.98. The lowest BCUT2D eigenvalue weighted by Crippen LogP contribution is -2.49. The van der Waals surface area contributed by atoms with Crippen LogP contribution in [0.5, 0.6) is 5.75 Å². The molecule has 8 nitrogen and oxygen atoms in total. The van der Waals surface area contributed by atoms with E-state index in [0.29, 0.717) is 28.0 Å². The van der Waals surface area contributed by atoms with Gasteiger partial charge in [0.25, 0.3) is 0 Å². The molecule has 0 aliphatic carbocycles. The van der Waals surface area contributed by atoms with Gasteiger partial charge >= 0.3 is 6.03 Å². The molecule has 0 spiro atoms. The van der Waals surface area contributed by atoms with Gasteiger partial charge in [-0.15, -0.1) is 10.2 Å². The normalized spacial score (nSPS) is 12.5. The van der Waals surface area contributed by atoms with E-state index < -0.39 is 12.1 Å². The van der Waals surface area contributed by atoms with E-state index in [4.69, 9.17) is 4.74 Å². The fourth-order valence-electron chi connectivity index (χ4n) is 2.88. The highest BCUT2D eigenvalue weighted by atomic mass is 79.9. The predicted molar refractivity (Wildman–Crippen MR) is 130 cm³/mol. The van der Waals surface area contributed by atoms with E-state index in [1.165, 1.54) is 11.3 Å². The molecule has 0 aliphatic heterocycles. The summed E-state index contributed by atoms with van der Waals surface area (Å²) in [4.78, 5) is 25.5. The number of amides is 3. The van der Waals surface area contributed by atoms with Gasteiger partial charge in [0, 0.05) is 21.8 Å². The maximum atomic E-state index is 13.0. The predicted octanol–water partition coefficient (Wildman–Crippen LogP) is 5.15. The first kappa shape index (κ1) is 23.7. The van der Waals surface area contributed by atoms with Crippen molar-refractivity contribution < 1.29 is 14.3 Å². The number of carbonyl (C=O) groups excluding carboxylic acids is 2. The Morgan fingerprint density at radius 3 is 2.56 bits per heavy atom. The molecule has 2 aromatic carbocycles. The highest BCUT2D eigenvalue weighted by molar-refractivity contribution is 9.10. The third-order valence-corrected chi connectivity index (χ3v) is 6.27. The van der Waals surface area contributed by atoms with Gasteiger partial charge in [0.15, 0.2) is 0 Å². The number of rotatable bonds is 8. The molecule has 168 valence electrons. The number of nitrogens with zero attached hydrogens (tertiary/aromatic N) is 2. The second-order valence-corrected chi connectivity index (χ2v) is 9.00. The number of ether oxygens (including phenoxy) is 1. The van der Waals surface area contributed by atoms with Crippen LogP contribution in [-0.2, 0) is 4.79 Å². The van der Waals surface area contributed by atoms with Gasteiger partial charge in [-0.05, 0) is 30.2 Å². The zero-order chi connectivity index (χ0) is 23.1. The van der Waals surface area contributed by atoms with Crippen molar-refractivity contribution in [1.29, 1.82) is 0 Å². The van der Waals surface area contributed by atoms with Crippen LogP contribution in [-0.4, -0.2) is 35.3 Å². The number of halogens is 1. The smallest absolute Gasteiger partial charge is 0.319 e. The van der Waals surface area contributed by atoms with Crippen LogP contribution < -0.4 is 20.7 Å². The second-order valence-electron chi connectivity index (χ2n) is 7.10. The maximum absolute atomic E-state index is 13.0. The molecule has 10 heteroatoms. The maximum Gasteiger partial charge on any atom is 0.319 e. The van der Waals surface area contributed by atoms with Crippen molar-refractivity contribution in [2.45, 2.75) is 26.3 Å². The van der Waals surface area contributed by atoms with E-state index in [9.17, 15) is 9.59 Å². The largest absolute Gasteiger partial charge is 0.497 e. The molecule has 2 unspecified atom stereocenters. The first-order valence-electron chi connectivity index (χ1n) is 10.0. The second kappa shape index (κ2) is 11.1. The molecule has 0 saturated carbocycles. The van der Waals surface area contributed by atoms with Crippen molar-refractivity contribution in [3.63, 3.8) is 0 Å². The zero-order valence-electron chi connectivity index (χ0n) is 17.9. The summed E-state index contributed by atoms with van der Waals surface area (Å²) in [5, 5.41) is 17.6. The summed E-state index contributed by atoms with van der Waals surface area (Å²) in [6.07, 6.45) is 0.706. The zero-order valence-corrected chi connectivity index (χ0v) is 20.3. The number of urea groups is 1. The highest BCUT2D eigenvalue weighted by Gasteiger charge is 2.27. The van der Waals surface area contributed by atoms with Crippen LogP contribution in [0.25, 0.3) is 10.6 Å². The van der Waals surface area contributed by atoms with Gasteiger partial charge in [0.05, 0.1) is 7.11 Å². The van der Waals surface area contributed by atoms with Crippen molar-refractivity contribution in [1.82, 2.24) is 15.5 Å². The summed E-state index contributed by atoms with van der Waals surface area (Å²) in [6.45, 7) is 3.87. The number of benzene rings is 2. The average Bonchev–Trinajstić information content (AvgIpc) is 3.25. The molecule has 3 aromatic rings. The third-order valence-electron chi connectivity index (χ3n) is 4.86. The molecule has 3 rings (SSSR count). The number of methoxy groups -OCH3 is 1. The van der Waals surface area contributed by atoms with E-state index >= 15 is 0 Å². The lowest BCUT2D eigenvalue weighted by Gasteiger charge is -2.23. The number of anilines is 2. The summed E-state index contributed by atoms with van der Waals surface area (Å²) in [7, 11) is 1.55. The lowest BCUT2D eigenvalue weighted by molar-refractivity contribution is -0.119. The first-order chi connectivity index (χ1) is 15.4. The van der Waals surface area contributed by atoms with Crippen LogP contribution in [0, 0.1) is 5.92 Å². The minimum absolute atomic E-state index is 0.0927. The van der Waals surface area contributed by atoms with E-state index in [1.807, 2.05) is 38.1 Å². The molecule has 0 saturated heterocycles. The summed E-state index contributed by atoms with van der Waals surface area (Å²) >= 11 is 4.67. The SMILES string of the molecule is CCC(C)C(NC(=O)Nc1cccc(OC)c1)C(=O)Nc1nnc(-c2ccc(Br)cc2)s1. The Bertz CT molecular complexity index is 1070. The Labute approximate surface area is 198 Å². The summed E-state index contributed by atoms with van der Waals surface area (Å²) in [5.74, 6) is 0.181. The average molecular weight is 518 g/mol. The van der Waals surface area contributed by atoms with Gasteiger partial charge in [-0.3, -0.25) is 10.1 Å². The minimum Gasteiger partial charge on any atom is -0.497 e. The molecule has 0 fully saturated rings. The summed E-state index contributed by atoms with van der Waals surface area (Å²) < 4.78 is 6.13. The van der Waals surface area contributed by atoms with Crippen LogP contribution in [0.4, 0.5) is 15.6 Å². The van der Waals surface area contributed by atoms with E-state index in [2.05, 4.69) is 42.1 Å². The minimum atomic E-state index is -0.745. The topological polar surface area (TPSA) is 105 Å². The summed E-state index contributed by atoms with van der Waals surface area (Å²) in [5.41, 5.74) is 1.47. The number of hydrogen-bond acceptors (Lipinski definition) is 6. The van der Waals surface area contributed by atoms with Gasteiger partial charge < -0.3 is 15.4 Å². The molecular formula is C22H24BrN5O3S. The van der Waals surface area contributed by atoms with Gasteiger partial charge in [0.1, 0.15) is 16.8 Å². The monoisotopic (exact) mass is 517 g/mol. The molecular weight excluding hydrogens is 494 g/mol. The van der Waals surface area contributed by atoms with Crippen LogP contribution in [0.3, 0.4) is 0 Å². The fourth-order valence-corrected chi connectivity index (χ4v) is 3.89.